The Balaban J connectivity index is 1.49. The minimum atomic E-state index is -0.457. The highest BCUT2D eigenvalue weighted by Crippen LogP contribution is 2.40. The van der Waals surface area contributed by atoms with E-state index >= 15 is 4.39 Å². The minimum absolute atomic E-state index is 0.0531. The number of rotatable bonds is 4. The minimum Gasteiger partial charge on any atom is -0.494 e. The Kier molecular flexibility index (Phi) is 5.74. The summed E-state index contributed by atoms with van der Waals surface area (Å²) in [5, 5.41) is 4.82. The zero-order valence-electron chi connectivity index (χ0n) is 21.4. The summed E-state index contributed by atoms with van der Waals surface area (Å²) in [6, 6.07) is 5.30. The number of carbonyl (C=O) groups excluding carboxylic acids is 2. The van der Waals surface area contributed by atoms with Crippen LogP contribution in [-0.2, 0) is 24.9 Å². The highest BCUT2D eigenvalue weighted by molar-refractivity contribution is 6.05. The van der Waals surface area contributed by atoms with Gasteiger partial charge in [-0.2, -0.15) is 5.10 Å². The van der Waals surface area contributed by atoms with Crippen molar-refractivity contribution in [2.24, 2.45) is 7.05 Å². The standard InChI is InChI=1S/C28H27FN6O3/c1-16(36)34-8-4-5-17(13-34)20-9-21(19-6-7-30-12-25(19)38-3)22-10-23(32-27(22)26(20)29)28(37)35-14-18-11-31-33(2)24(18)15-35/h5-7,9-12,32H,4,8,13-15H2,1-3H3. The van der Waals surface area contributed by atoms with Crippen molar-refractivity contribution in [2.75, 3.05) is 20.2 Å². The first kappa shape index (κ1) is 23.9. The van der Waals surface area contributed by atoms with Crippen LogP contribution >= 0.6 is 0 Å². The van der Waals surface area contributed by atoms with Crippen molar-refractivity contribution in [3.8, 4) is 16.9 Å². The molecule has 1 aromatic carbocycles. The molecule has 0 aliphatic carbocycles. The van der Waals surface area contributed by atoms with Crippen LogP contribution in [0.4, 0.5) is 4.39 Å². The number of ether oxygens (including phenoxy) is 1. The van der Waals surface area contributed by atoms with E-state index in [2.05, 4.69) is 15.1 Å². The molecule has 3 aromatic heterocycles. The van der Waals surface area contributed by atoms with E-state index in [4.69, 9.17) is 4.74 Å². The van der Waals surface area contributed by atoms with Crippen LogP contribution in [0.5, 0.6) is 5.75 Å². The van der Waals surface area contributed by atoms with Gasteiger partial charge in [-0.25, -0.2) is 4.39 Å². The van der Waals surface area contributed by atoms with Crippen molar-refractivity contribution in [3.05, 3.63) is 71.2 Å². The third kappa shape index (κ3) is 3.84. The molecule has 1 N–H and O–H groups in total. The normalized spacial score (nSPS) is 15.1. The number of halogens is 1. The van der Waals surface area contributed by atoms with Crippen molar-refractivity contribution in [3.63, 3.8) is 0 Å². The Morgan fingerprint density at radius 1 is 1.08 bits per heavy atom. The Morgan fingerprint density at radius 2 is 1.92 bits per heavy atom. The quantitative estimate of drug-likeness (QED) is 0.446. The largest absolute Gasteiger partial charge is 0.494 e. The maximum Gasteiger partial charge on any atom is 0.270 e. The van der Waals surface area contributed by atoms with Crippen LogP contribution in [0.15, 0.2) is 42.9 Å². The lowest BCUT2D eigenvalue weighted by Crippen LogP contribution is -2.33. The Hall–Kier alpha value is -4.47. The number of benzene rings is 1. The van der Waals surface area contributed by atoms with E-state index in [-0.39, 0.29) is 17.3 Å². The lowest BCUT2D eigenvalue weighted by Gasteiger charge is -2.27. The number of carbonyl (C=O) groups is 2. The topological polar surface area (TPSA) is 96.3 Å². The molecule has 0 bridgehead atoms. The molecule has 0 saturated carbocycles. The monoisotopic (exact) mass is 514 g/mol. The molecule has 9 nitrogen and oxygen atoms in total. The van der Waals surface area contributed by atoms with Gasteiger partial charge in [0.1, 0.15) is 11.4 Å². The van der Waals surface area contributed by atoms with Gasteiger partial charge in [-0.15, -0.1) is 0 Å². The van der Waals surface area contributed by atoms with E-state index in [0.717, 1.165) is 22.4 Å². The zero-order chi connectivity index (χ0) is 26.6. The number of methoxy groups -OCH3 is 1. The van der Waals surface area contributed by atoms with Gasteiger partial charge in [0.15, 0.2) is 5.82 Å². The highest BCUT2D eigenvalue weighted by atomic mass is 19.1. The second kappa shape index (κ2) is 9.13. The number of nitrogens with zero attached hydrogens (tertiary/aromatic N) is 5. The summed E-state index contributed by atoms with van der Waals surface area (Å²) in [6.45, 7) is 3.32. The van der Waals surface area contributed by atoms with Crippen LogP contribution < -0.4 is 4.74 Å². The molecule has 5 heterocycles. The highest BCUT2D eigenvalue weighted by Gasteiger charge is 2.30. The molecule has 2 aliphatic rings. The number of amides is 2. The number of nitrogens with one attached hydrogen (secondary N) is 1. The van der Waals surface area contributed by atoms with Gasteiger partial charge in [0, 0.05) is 61.9 Å². The van der Waals surface area contributed by atoms with Crippen LogP contribution in [0.3, 0.4) is 0 Å². The summed E-state index contributed by atoms with van der Waals surface area (Å²) in [4.78, 5) is 36.3. The van der Waals surface area contributed by atoms with Crippen molar-refractivity contribution in [2.45, 2.75) is 26.4 Å². The van der Waals surface area contributed by atoms with Gasteiger partial charge >= 0.3 is 0 Å². The van der Waals surface area contributed by atoms with Crippen molar-refractivity contribution < 1.29 is 18.7 Å². The maximum atomic E-state index is 16.2. The maximum absolute atomic E-state index is 16.2. The first-order valence-electron chi connectivity index (χ1n) is 12.4. The molecule has 0 atom stereocenters. The van der Waals surface area contributed by atoms with Gasteiger partial charge in [-0.1, -0.05) is 6.08 Å². The number of H-pyrrole nitrogens is 1. The molecule has 2 aliphatic heterocycles. The first-order chi connectivity index (χ1) is 18.4. The average Bonchev–Trinajstić information content (AvgIpc) is 3.65. The second-order valence-corrected chi connectivity index (χ2v) is 9.69. The molecule has 4 aromatic rings. The molecular formula is C28H27FN6O3. The number of aromatic amines is 1. The van der Waals surface area contributed by atoms with E-state index in [9.17, 15) is 9.59 Å². The molecule has 38 heavy (non-hydrogen) atoms. The third-order valence-electron chi connectivity index (χ3n) is 7.46. The summed E-state index contributed by atoms with van der Waals surface area (Å²) in [5.41, 5.74) is 5.08. The second-order valence-electron chi connectivity index (χ2n) is 9.69. The summed E-state index contributed by atoms with van der Waals surface area (Å²) >= 11 is 0. The molecule has 194 valence electrons. The van der Waals surface area contributed by atoms with E-state index in [1.807, 2.05) is 19.2 Å². The van der Waals surface area contributed by atoms with Gasteiger partial charge in [-0.3, -0.25) is 19.3 Å². The predicted molar refractivity (Wildman–Crippen MR) is 140 cm³/mol. The smallest absolute Gasteiger partial charge is 0.270 e. The molecule has 6 rings (SSSR count). The number of hydrogen-bond donors (Lipinski definition) is 1. The van der Waals surface area contributed by atoms with E-state index in [1.165, 1.54) is 6.92 Å². The molecule has 10 heteroatoms. The molecule has 0 unspecified atom stereocenters. The van der Waals surface area contributed by atoms with Crippen molar-refractivity contribution in [1.29, 1.82) is 0 Å². The molecule has 0 fully saturated rings. The van der Waals surface area contributed by atoms with Crippen LogP contribution in [0.25, 0.3) is 27.6 Å². The summed E-state index contributed by atoms with van der Waals surface area (Å²) < 4.78 is 23.5. The fourth-order valence-corrected chi connectivity index (χ4v) is 5.41. The SMILES string of the molecule is COc1cnccc1-c1cc(C2=CCCN(C(C)=O)C2)c(F)c2[nH]c(C(=O)N3Cc4cnn(C)c4C3)cc12. The Morgan fingerprint density at radius 3 is 2.68 bits per heavy atom. The first-order valence-corrected chi connectivity index (χ1v) is 12.4. The molecular weight excluding hydrogens is 487 g/mol. The number of fused-ring (bicyclic) bond motifs is 2. The van der Waals surface area contributed by atoms with Gasteiger partial charge < -0.3 is 19.5 Å². The summed E-state index contributed by atoms with van der Waals surface area (Å²) in [7, 11) is 3.41. The molecule has 0 spiro atoms. The van der Waals surface area contributed by atoms with Crippen LogP contribution in [0.1, 0.15) is 40.7 Å². The molecule has 2 amide bonds. The van der Waals surface area contributed by atoms with Crippen LogP contribution in [0.2, 0.25) is 0 Å². The number of hydrogen-bond acceptors (Lipinski definition) is 5. The summed E-state index contributed by atoms with van der Waals surface area (Å²) in [6.07, 6.45) is 7.64. The third-order valence-corrected chi connectivity index (χ3v) is 7.46. The fourth-order valence-electron chi connectivity index (χ4n) is 5.41. The van der Waals surface area contributed by atoms with E-state index < -0.39 is 5.82 Å². The van der Waals surface area contributed by atoms with Crippen LogP contribution in [-0.4, -0.2) is 61.6 Å². The van der Waals surface area contributed by atoms with Crippen LogP contribution in [0, 0.1) is 5.82 Å². The lowest BCUT2D eigenvalue weighted by atomic mass is 9.93. The average molecular weight is 515 g/mol. The predicted octanol–water partition coefficient (Wildman–Crippen LogP) is 3.90. The number of aromatic nitrogens is 4. The van der Waals surface area contributed by atoms with E-state index in [1.54, 1.807) is 52.3 Å². The van der Waals surface area contributed by atoms with Gasteiger partial charge in [-0.05, 0) is 35.8 Å². The molecule has 0 radical (unpaired) electrons. The number of aryl methyl sites for hydroxylation is 1. The van der Waals surface area contributed by atoms with Gasteiger partial charge in [0.05, 0.1) is 37.3 Å². The van der Waals surface area contributed by atoms with Crippen molar-refractivity contribution in [1.82, 2.24) is 29.5 Å². The van der Waals surface area contributed by atoms with E-state index in [0.29, 0.717) is 60.6 Å². The van der Waals surface area contributed by atoms with Gasteiger partial charge in [0.2, 0.25) is 5.91 Å². The molecule has 0 saturated heterocycles. The summed E-state index contributed by atoms with van der Waals surface area (Å²) in [5.74, 6) is -0.194. The Bertz CT molecular complexity index is 1630. The van der Waals surface area contributed by atoms with Gasteiger partial charge in [0.25, 0.3) is 5.91 Å². The fraction of sp³-hybridized carbons (Fsp3) is 0.286. The Labute approximate surface area is 218 Å². The zero-order valence-corrected chi connectivity index (χ0v) is 21.4. The number of pyridine rings is 1. The lowest BCUT2D eigenvalue weighted by molar-refractivity contribution is -0.128. The van der Waals surface area contributed by atoms with Crippen molar-refractivity contribution >= 4 is 28.3 Å².